The highest BCUT2D eigenvalue weighted by Crippen LogP contribution is 2.37. The Morgan fingerprint density at radius 3 is 2.05 bits per heavy atom. The zero-order valence-electron chi connectivity index (χ0n) is 12.9. The summed E-state index contributed by atoms with van der Waals surface area (Å²) >= 11 is 0. The fourth-order valence-corrected chi connectivity index (χ4v) is 2.77. The molecule has 1 fully saturated rings. The second kappa shape index (κ2) is 6.35. The van der Waals surface area contributed by atoms with Crippen LogP contribution in [0.4, 0.5) is 0 Å². The summed E-state index contributed by atoms with van der Waals surface area (Å²) in [5.74, 6) is 2.27. The predicted molar refractivity (Wildman–Crippen MR) is 79.8 cm³/mol. The average molecular weight is 279 g/mol. The largest absolute Gasteiger partial charge is 0.496 e. The molecule has 4 heteroatoms. The van der Waals surface area contributed by atoms with Crippen molar-refractivity contribution in [3.05, 3.63) is 17.7 Å². The first-order chi connectivity index (χ1) is 9.68. The number of hydrogen-bond donors (Lipinski definition) is 1. The van der Waals surface area contributed by atoms with Gasteiger partial charge in [0.25, 0.3) is 0 Å². The Labute approximate surface area is 121 Å². The van der Waals surface area contributed by atoms with Crippen molar-refractivity contribution in [3.63, 3.8) is 0 Å². The molecular formula is C16H25NO3. The van der Waals surface area contributed by atoms with Gasteiger partial charge >= 0.3 is 0 Å². The summed E-state index contributed by atoms with van der Waals surface area (Å²) in [6.07, 6.45) is 5.02. The molecule has 0 aliphatic heterocycles. The Hall–Kier alpha value is -1.42. The van der Waals surface area contributed by atoms with E-state index in [2.05, 4.69) is 12.2 Å². The Balaban J connectivity index is 2.17. The van der Waals surface area contributed by atoms with E-state index in [1.165, 1.54) is 25.7 Å². The molecule has 1 aliphatic carbocycles. The van der Waals surface area contributed by atoms with Crippen molar-refractivity contribution >= 4 is 0 Å². The standard InChI is InChI=1S/C16H25NO3/c1-5-16(7-6-8-16)17-11-12-9-14(19-3)15(20-4)10-13(12)18-2/h9-10,17H,5-8,11H2,1-4H3. The summed E-state index contributed by atoms with van der Waals surface area (Å²) in [5.41, 5.74) is 1.42. The molecule has 112 valence electrons. The number of methoxy groups -OCH3 is 3. The Morgan fingerprint density at radius 2 is 1.60 bits per heavy atom. The second-order valence-corrected chi connectivity index (χ2v) is 5.36. The van der Waals surface area contributed by atoms with Crippen LogP contribution in [0.5, 0.6) is 17.2 Å². The minimum atomic E-state index is 0.318. The summed E-state index contributed by atoms with van der Waals surface area (Å²) in [6.45, 7) is 3.04. The summed E-state index contributed by atoms with van der Waals surface area (Å²) < 4.78 is 16.1. The molecule has 1 aromatic carbocycles. The molecular weight excluding hydrogens is 254 g/mol. The molecule has 0 aromatic heterocycles. The lowest BCUT2D eigenvalue weighted by atomic mass is 9.75. The van der Waals surface area contributed by atoms with Gasteiger partial charge in [-0.2, -0.15) is 0 Å². The quantitative estimate of drug-likeness (QED) is 0.832. The van der Waals surface area contributed by atoms with E-state index in [0.717, 1.165) is 23.6 Å². The molecule has 1 N–H and O–H groups in total. The van der Waals surface area contributed by atoms with Gasteiger partial charge in [-0.25, -0.2) is 0 Å². The third-order valence-electron chi connectivity index (χ3n) is 4.43. The fraction of sp³-hybridized carbons (Fsp3) is 0.625. The summed E-state index contributed by atoms with van der Waals surface area (Å²) in [6, 6.07) is 3.88. The van der Waals surface area contributed by atoms with Crippen LogP contribution in [0.25, 0.3) is 0 Å². The molecule has 20 heavy (non-hydrogen) atoms. The zero-order valence-corrected chi connectivity index (χ0v) is 12.9. The molecule has 0 bridgehead atoms. The van der Waals surface area contributed by atoms with Crippen molar-refractivity contribution in [2.24, 2.45) is 0 Å². The van der Waals surface area contributed by atoms with Gasteiger partial charge in [-0.15, -0.1) is 0 Å². The van der Waals surface area contributed by atoms with Gasteiger partial charge in [-0.3, -0.25) is 0 Å². The van der Waals surface area contributed by atoms with Crippen LogP contribution in [0.15, 0.2) is 12.1 Å². The third kappa shape index (κ3) is 2.85. The molecule has 0 spiro atoms. The first-order valence-electron chi connectivity index (χ1n) is 7.22. The van der Waals surface area contributed by atoms with Gasteiger partial charge in [-0.1, -0.05) is 6.92 Å². The van der Waals surface area contributed by atoms with Crippen LogP contribution in [0.1, 0.15) is 38.2 Å². The first-order valence-corrected chi connectivity index (χ1v) is 7.22. The molecule has 0 radical (unpaired) electrons. The molecule has 0 heterocycles. The van der Waals surface area contributed by atoms with Crippen LogP contribution in [-0.4, -0.2) is 26.9 Å². The van der Waals surface area contributed by atoms with Gasteiger partial charge in [0.05, 0.1) is 21.3 Å². The molecule has 2 rings (SSSR count). The Kier molecular flexibility index (Phi) is 4.76. The lowest BCUT2D eigenvalue weighted by Gasteiger charge is -2.42. The lowest BCUT2D eigenvalue weighted by Crippen LogP contribution is -2.49. The van der Waals surface area contributed by atoms with Gasteiger partial charge < -0.3 is 19.5 Å². The van der Waals surface area contributed by atoms with E-state index in [9.17, 15) is 0 Å². The average Bonchev–Trinajstić information content (AvgIpc) is 2.45. The van der Waals surface area contributed by atoms with Crippen molar-refractivity contribution in [1.82, 2.24) is 5.32 Å². The van der Waals surface area contributed by atoms with Crippen LogP contribution in [0.2, 0.25) is 0 Å². The summed E-state index contributed by atoms with van der Waals surface area (Å²) in [7, 11) is 4.97. The number of hydrogen-bond acceptors (Lipinski definition) is 4. The molecule has 4 nitrogen and oxygen atoms in total. The molecule has 1 aliphatic rings. The maximum atomic E-state index is 5.46. The smallest absolute Gasteiger partial charge is 0.164 e. The summed E-state index contributed by atoms with van der Waals surface area (Å²) in [4.78, 5) is 0. The fourth-order valence-electron chi connectivity index (χ4n) is 2.77. The van der Waals surface area contributed by atoms with Gasteiger partial charge in [0.1, 0.15) is 5.75 Å². The van der Waals surface area contributed by atoms with Crippen molar-refractivity contribution in [2.45, 2.75) is 44.7 Å². The van der Waals surface area contributed by atoms with Gasteiger partial charge in [0.2, 0.25) is 0 Å². The molecule has 1 saturated carbocycles. The van der Waals surface area contributed by atoms with Crippen LogP contribution in [0, 0.1) is 0 Å². The first kappa shape index (κ1) is 15.0. The highest BCUT2D eigenvalue weighted by Gasteiger charge is 2.34. The third-order valence-corrected chi connectivity index (χ3v) is 4.43. The molecule has 0 amide bonds. The van der Waals surface area contributed by atoms with Gasteiger partial charge in [0, 0.05) is 23.7 Å². The van der Waals surface area contributed by atoms with Crippen molar-refractivity contribution in [3.8, 4) is 17.2 Å². The van der Waals surface area contributed by atoms with E-state index in [-0.39, 0.29) is 0 Å². The maximum absolute atomic E-state index is 5.46. The SMILES string of the molecule is CCC1(NCc2cc(OC)c(OC)cc2OC)CCC1. The highest BCUT2D eigenvalue weighted by molar-refractivity contribution is 5.50. The van der Waals surface area contributed by atoms with Crippen molar-refractivity contribution in [1.29, 1.82) is 0 Å². The minimum absolute atomic E-state index is 0.318. The predicted octanol–water partition coefficient (Wildman–Crippen LogP) is 3.13. The number of benzene rings is 1. The summed E-state index contributed by atoms with van der Waals surface area (Å²) in [5, 5.41) is 3.69. The molecule has 1 aromatic rings. The molecule has 0 atom stereocenters. The molecule has 0 saturated heterocycles. The van der Waals surface area contributed by atoms with E-state index < -0.39 is 0 Å². The van der Waals surface area contributed by atoms with Crippen LogP contribution >= 0.6 is 0 Å². The highest BCUT2D eigenvalue weighted by atomic mass is 16.5. The van der Waals surface area contributed by atoms with Crippen molar-refractivity contribution < 1.29 is 14.2 Å². The van der Waals surface area contributed by atoms with E-state index in [1.54, 1.807) is 21.3 Å². The maximum Gasteiger partial charge on any atom is 0.164 e. The normalized spacial score (nSPS) is 16.4. The van der Waals surface area contributed by atoms with Crippen molar-refractivity contribution in [2.75, 3.05) is 21.3 Å². The van der Waals surface area contributed by atoms with Crippen LogP contribution in [0.3, 0.4) is 0 Å². The van der Waals surface area contributed by atoms with E-state index in [0.29, 0.717) is 11.3 Å². The minimum Gasteiger partial charge on any atom is -0.496 e. The number of nitrogens with one attached hydrogen (secondary N) is 1. The van der Waals surface area contributed by atoms with Crippen LogP contribution < -0.4 is 19.5 Å². The Morgan fingerprint density at radius 1 is 1.00 bits per heavy atom. The number of rotatable bonds is 7. The van der Waals surface area contributed by atoms with Gasteiger partial charge in [-0.05, 0) is 31.7 Å². The lowest BCUT2D eigenvalue weighted by molar-refractivity contribution is 0.174. The van der Waals surface area contributed by atoms with E-state index >= 15 is 0 Å². The van der Waals surface area contributed by atoms with Gasteiger partial charge in [0.15, 0.2) is 11.5 Å². The molecule has 0 unspecified atom stereocenters. The topological polar surface area (TPSA) is 39.7 Å². The zero-order chi connectivity index (χ0) is 14.6. The van der Waals surface area contributed by atoms with E-state index in [1.807, 2.05) is 12.1 Å². The van der Waals surface area contributed by atoms with Crippen LogP contribution in [-0.2, 0) is 6.54 Å². The Bertz CT molecular complexity index is 450. The number of ether oxygens (including phenoxy) is 3. The second-order valence-electron chi connectivity index (χ2n) is 5.36. The van der Waals surface area contributed by atoms with E-state index in [4.69, 9.17) is 14.2 Å². The monoisotopic (exact) mass is 279 g/mol.